The number of nitrogens with zero attached hydrogens (tertiary/aromatic N) is 1. The van der Waals surface area contributed by atoms with Gasteiger partial charge in [-0.1, -0.05) is 25.1 Å². The SMILES string of the molecule is CC1CC(N)CN(Cc2ccc3c(c2)CCCC3)C1. The van der Waals surface area contributed by atoms with Gasteiger partial charge in [-0.15, -0.1) is 0 Å². The van der Waals surface area contributed by atoms with E-state index in [-0.39, 0.29) is 0 Å². The highest BCUT2D eigenvalue weighted by Gasteiger charge is 2.22. The molecule has 1 saturated heterocycles. The van der Waals surface area contributed by atoms with Crippen LogP contribution in [-0.2, 0) is 19.4 Å². The molecule has 0 bridgehead atoms. The molecule has 2 atom stereocenters. The molecule has 3 rings (SSSR count). The second-order valence-corrected chi connectivity index (χ2v) is 6.61. The Bertz CT molecular complexity index is 431. The van der Waals surface area contributed by atoms with Gasteiger partial charge in [-0.05, 0) is 54.7 Å². The molecule has 0 saturated carbocycles. The van der Waals surface area contributed by atoms with E-state index in [1.54, 1.807) is 11.1 Å². The van der Waals surface area contributed by atoms with Crippen molar-refractivity contribution < 1.29 is 0 Å². The van der Waals surface area contributed by atoms with Crippen molar-refractivity contribution in [3.63, 3.8) is 0 Å². The first-order chi connectivity index (χ1) is 9.20. The van der Waals surface area contributed by atoms with Gasteiger partial charge in [0.1, 0.15) is 0 Å². The van der Waals surface area contributed by atoms with E-state index in [2.05, 4.69) is 30.0 Å². The summed E-state index contributed by atoms with van der Waals surface area (Å²) in [6.07, 6.45) is 6.47. The number of benzene rings is 1. The van der Waals surface area contributed by atoms with Crippen molar-refractivity contribution in [1.29, 1.82) is 0 Å². The van der Waals surface area contributed by atoms with Gasteiger partial charge in [-0.2, -0.15) is 0 Å². The number of aryl methyl sites for hydroxylation is 2. The molecule has 104 valence electrons. The molecule has 0 aromatic heterocycles. The van der Waals surface area contributed by atoms with Crippen molar-refractivity contribution in [1.82, 2.24) is 4.90 Å². The number of nitrogens with two attached hydrogens (primary N) is 1. The van der Waals surface area contributed by atoms with Crippen molar-refractivity contribution in [3.05, 3.63) is 34.9 Å². The van der Waals surface area contributed by atoms with Gasteiger partial charge in [-0.25, -0.2) is 0 Å². The molecule has 2 heteroatoms. The summed E-state index contributed by atoms with van der Waals surface area (Å²) in [6.45, 7) is 5.65. The minimum Gasteiger partial charge on any atom is -0.327 e. The maximum atomic E-state index is 6.14. The Morgan fingerprint density at radius 2 is 1.95 bits per heavy atom. The summed E-state index contributed by atoms with van der Waals surface area (Å²) < 4.78 is 0. The van der Waals surface area contributed by atoms with Gasteiger partial charge < -0.3 is 5.73 Å². The van der Waals surface area contributed by atoms with Crippen LogP contribution in [0, 0.1) is 5.92 Å². The summed E-state index contributed by atoms with van der Waals surface area (Å²) in [7, 11) is 0. The van der Waals surface area contributed by atoms with E-state index in [0.29, 0.717) is 6.04 Å². The Morgan fingerprint density at radius 1 is 1.16 bits per heavy atom. The van der Waals surface area contributed by atoms with Gasteiger partial charge in [0.05, 0.1) is 0 Å². The Morgan fingerprint density at radius 3 is 2.74 bits per heavy atom. The average Bonchev–Trinajstić information content (AvgIpc) is 2.37. The van der Waals surface area contributed by atoms with E-state index < -0.39 is 0 Å². The Balaban J connectivity index is 1.69. The van der Waals surface area contributed by atoms with Gasteiger partial charge in [0, 0.05) is 25.7 Å². The third-order valence-electron chi connectivity index (χ3n) is 4.59. The van der Waals surface area contributed by atoms with Crippen LogP contribution in [0.3, 0.4) is 0 Å². The third kappa shape index (κ3) is 3.18. The van der Waals surface area contributed by atoms with Crippen LogP contribution >= 0.6 is 0 Å². The molecule has 1 fully saturated rings. The predicted octanol–water partition coefficient (Wildman–Crippen LogP) is 2.73. The first-order valence-electron chi connectivity index (χ1n) is 7.79. The Kier molecular flexibility index (Phi) is 3.90. The van der Waals surface area contributed by atoms with Crippen LogP contribution in [0.25, 0.3) is 0 Å². The quantitative estimate of drug-likeness (QED) is 0.884. The summed E-state index contributed by atoms with van der Waals surface area (Å²) in [5.41, 5.74) is 10.8. The summed E-state index contributed by atoms with van der Waals surface area (Å²) in [5, 5.41) is 0. The molecule has 1 aliphatic carbocycles. The van der Waals surface area contributed by atoms with Gasteiger partial charge in [-0.3, -0.25) is 4.90 Å². The number of rotatable bonds is 2. The molecule has 19 heavy (non-hydrogen) atoms. The standard InChI is InChI=1S/C17H26N2/c1-13-8-17(18)12-19(10-13)11-14-6-7-15-4-2-3-5-16(15)9-14/h6-7,9,13,17H,2-5,8,10-12,18H2,1H3. The maximum Gasteiger partial charge on any atom is 0.0234 e. The van der Waals surface area contributed by atoms with Gasteiger partial charge in [0.25, 0.3) is 0 Å². The van der Waals surface area contributed by atoms with E-state index in [1.807, 2.05) is 0 Å². The van der Waals surface area contributed by atoms with E-state index in [4.69, 9.17) is 5.73 Å². The summed E-state index contributed by atoms with van der Waals surface area (Å²) in [4.78, 5) is 2.53. The summed E-state index contributed by atoms with van der Waals surface area (Å²) in [5.74, 6) is 0.737. The zero-order valence-electron chi connectivity index (χ0n) is 12.1. The molecular formula is C17H26N2. The monoisotopic (exact) mass is 258 g/mol. The second-order valence-electron chi connectivity index (χ2n) is 6.61. The van der Waals surface area contributed by atoms with Crippen LogP contribution < -0.4 is 5.73 Å². The van der Waals surface area contributed by atoms with Gasteiger partial charge in [0.15, 0.2) is 0 Å². The molecule has 2 aliphatic rings. The molecule has 0 spiro atoms. The highest BCUT2D eigenvalue weighted by Crippen LogP contribution is 2.24. The topological polar surface area (TPSA) is 29.3 Å². The van der Waals surface area contributed by atoms with Crippen LogP contribution in [0.4, 0.5) is 0 Å². The predicted molar refractivity (Wildman–Crippen MR) is 80.1 cm³/mol. The molecule has 2 N–H and O–H groups in total. The Hall–Kier alpha value is -0.860. The van der Waals surface area contributed by atoms with Crippen LogP contribution in [0.2, 0.25) is 0 Å². The number of fused-ring (bicyclic) bond motifs is 1. The number of hydrogen-bond acceptors (Lipinski definition) is 2. The van der Waals surface area contributed by atoms with Crippen molar-refractivity contribution in [2.75, 3.05) is 13.1 Å². The van der Waals surface area contributed by atoms with Crippen molar-refractivity contribution in [2.45, 2.75) is 51.6 Å². The lowest BCUT2D eigenvalue weighted by Crippen LogP contribution is -2.45. The zero-order chi connectivity index (χ0) is 13.2. The molecule has 0 radical (unpaired) electrons. The molecule has 1 aromatic rings. The number of piperidine rings is 1. The van der Waals surface area contributed by atoms with Crippen molar-refractivity contribution >= 4 is 0 Å². The molecular weight excluding hydrogens is 232 g/mol. The lowest BCUT2D eigenvalue weighted by molar-refractivity contribution is 0.158. The van der Waals surface area contributed by atoms with Crippen LogP contribution in [-0.4, -0.2) is 24.0 Å². The highest BCUT2D eigenvalue weighted by molar-refractivity contribution is 5.33. The summed E-state index contributed by atoms with van der Waals surface area (Å²) in [6, 6.07) is 7.49. The summed E-state index contributed by atoms with van der Waals surface area (Å²) >= 11 is 0. The number of hydrogen-bond donors (Lipinski definition) is 1. The zero-order valence-corrected chi connectivity index (χ0v) is 12.1. The lowest BCUT2D eigenvalue weighted by Gasteiger charge is -2.35. The van der Waals surface area contributed by atoms with E-state index >= 15 is 0 Å². The van der Waals surface area contributed by atoms with E-state index in [1.165, 1.54) is 44.2 Å². The van der Waals surface area contributed by atoms with Gasteiger partial charge >= 0.3 is 0 Å². The maximum absolute atomic E-state index is 6.14. The third-order valence-corrected chi connectivity index (χ3v) is 4.59. The minimum absolute atomic E-state index is 0.362. The van der Waals surface area contributed by atoms with Crippen molar-refractivity contribution in [2.24, 2.45) is 11.7 Å². The van der Waals surface area contributed by atoms with E-state index in [9.17, 15) is 0 Å². The number of likely N-dealkylation sites (tertiary alicyclic amines) is 1. The minimum atomic E-state index is 0.362. The van der Waals surface area contributed by atoms with Crippen LogP contribution in [0.5, 0.6) is 0 Å². The molecule has 1 aromatic carbocycles. The molecule has 0 amide bonds. The van der Waals surface area contributed by atoms with Crippen molar-refractivity contribution in [3.8, 4) is 0 Å². The average molecular weight is 258 g/mol. The fourth-order valence-corrected chi connectivity index (χ4v) is 3.79. The second kappa shape index (κ2) is 5.64. The first-order valence-corrected chi connectivity index (χ1v) is 7.79. The van der Waals surface area contributed by atoms with Crippen LogP contribution in [0.1, 0.15) is 42.9 Å². The fourth-order valence-electron chi connectivity index (χ4n) is 3.79. The Labute approximate surface area is 117 Å². The highest BCUT2D eigenvalue weighted by atomic mass is 15.1. The van der Waals surface area contributed by atoms with Gasteiger partial charge in [0.2, 0.25) is 0 Å². The molecule has 2 nitrogen and oxygen atoms in total. The lowest BCUT2D eigenvalue weighted by atomic mass is 9.90. The molecule has 1 heterocycles. The normalized spacial score (nSPS) is 28.1. The van der Waals surface area contributed by atoms with Crippen LogP contribution in [0.15, 0.2) is 18.2 Å². The smallest absolute Gasteiger partial charge is 0.0234 e. The molecule has 1 aliphatic heterocycles. The van der Waals surface area contributed by atoms with E-state index in [0.717, 1.165) is 19.0 Å². The fraction of sp³-hybridized carbons (Fsp3) is 0.647. The molecule has 2 unspecified atom stereocenters. The first kappa shape index (κ1) is 13.1. The largest absolute Gasteiger partial charge is 0.327 e.